The molecule has 4 rings (SSSR count). The first-order valence-corrected chi connectivity index (χ1v) is 10.9. The fourth-order valence-electron chi connectivity index (χ4n) is 3.94. The fourth-order valence-corrected chi connectivity index (χ4v) is 4.91. The maximum atomic E-state index is 12.9. The van der Waals surface area contributed by atoms with Crippen LogP contribution in [0.5, 0.6) is 0 Å². The van der Waals surface area contributed by atoms with Crippen LogP contribution in [0, 0.1) is 10.1 Å². The molecule has 0 bridgehead atoms. The van der Waals surface area contributed by atoms with Crippen LogP contribution >= 0.6 is 11.8 Å². The van der Waals surface area contributed by atoms with Crippen LogP contribution in [0.4, 0.5) is 5.69 Å². The molecule has 1 aromatic rings. The van der Waals surface area contributed by atoms with Gasteiger partial charge in [-0.15, -0.1) is 0 Å². The third kappa shape index (κ3) is 4.13. The van der Waals surface area contributed by atoms with E-state index in [2.05, 4.69) is 4.99 Å². The zero-order chi connectivity index (χ0) is 22.8. The molecule has 32 heavy (non-hydrogen) atoms. The molecule has 11 heteroatoms. The number of nitro groups is 1. The minimum Gasteiger partial charge on any atom is -0.466 e. The van der Waals surface area contributed by atoms with Crippen molar-refractivity contribution in [2.45, 2.75) is 19.4 Å². The quantitative estimate of drug-likeness (QED) is 0.376. The number of thioether (sulfide) groups is 1. The number of amidine groups is 1. The number of amides is 1. The van der Waals surface area contributed by atoms with Crippen molar-refractivity contribution in [1.29, 1.82) is 0 Å². The molecule has 1 fully saturated rings. The Balaban J connectivity index is 1.72. The number of non-ortho nitro benzene ring substituents is 1. The van der Waals surface area contributed by atoms with Crippen LogP contribution in [0.15, 0.2) is 51.6 Å². The number of ether oxygens (including phenoxy) is 2. The van der Waals surface area contributed by atoms with Crippen molar-refractivity contribution >= 4 is 34.5 Å². The molecule has 0 N–H and O–H groups in total. The summed E-state index contributed by atoms with van der Waals surface area (Å²) >= 11 is 1.36. The SMILES string of the molecule is COC(=O)C1=C(C)N=C2SC=C(CC(=O)N3CCOCC3)N2[C@@H]1c1cccc([N+](=O)[O-])c1. The Morgan fingerprint density at radius 3 is 2.78 bits per heavy atom. The summed E-state index contributed by atoms with van der Waals surface area (Å²) in [5, 5.41) is 13.8. The van der Waals surface area contributed by atoms with Crippen LogP contribution in [-0.2, 0) is 19.1 Å². The normalized spacial score (nSPS) is 20.5. The molecule has 3 aliphatic rings. The molecule has 1 atom stereocenters. The number of allylic oxidation sites excluding steroid dienone is 1. The zero-order valence-electron chi connectivity index (χ0n) is 17.6. The second kappa shape index (κ2) is 9.13. The van der Waals surface area contributed by atoms with E-state index >= 15 is 0 Å². The molecule has 1 saturated heterocycles. The van der Waals surface area contributed by atoms with Crippen molar-refractivity contribution in [2.24, 2.45) is 4.99 Å². The van der Waals surface area contributed by atoms with Gasteiger partial charge >= 0.3 is 5.97 Å². The summed E-state index contributed by atoms with van der Waals surface area (Å²) in [5.74, 6) is -0.623. The number of morpholine rings is 1. The summed E-state index contributed by atoms with van der Waals surface area (Å²) in [4.78, 5) is 44.6. The molecule has 0 spiro atoms. The molecule has 168 valence electrons. The third-order valence-electron chi connectivity index (χ3n) is 5.50. The number of methoxy groups -OCH3 is 1. The lowest BCUT2D eigenvalue weighted by Crippen LogP contribution is -2.42. The molecule has 0 saturated carbocycles. The average molecular weight is 458 g/mol. The number of carbonyl (C=O) groups excluding carboxylic acids is 2. The van der Waals surface area contributed by atoms with Crippen molar-refractivity contribution in [1.82, 2.24) is 9.80 Å². The molecular weight excluding hydrogens is 436 g/mol. The van der Waals surface area contributed by atoms with Crippen LogP contribution in [-0.4, -0.2) is 65.2 Å². The fraction of sp³-hybridized carbons (Fsp3) is 0.381. The lowest BCUT2D eigenvalue weighted by atomic mass is 9.93. The van der Waals surface area contributed by atoms with E-state index < -0.39 is 16.9 Å². The number of nitro benzene ring substituents is 1. The monoisotopic (exact) mass is 458 g/mol. The number of esters is 1. The first-order chi connectivity index (χ1) is 15.4. The van der Waals surface area contributed by atoms with Gasteiger partial charge in [0, 0.05) is 30.9 Å². The number of carbonyl (C=O) groups is 2. The van der Waals surface area contributed by atoms with Gasteiger partial charge in [0.2, 0.25) is 5.91 Å². The third-order valence-corrected chi connectivity index (χ3v) is 6.39. The van der Waals surface area contributed by atoms with Crippen molar-refractivity contribution in [3.63, 3.8) is 0 Å². The van der Waals surface area contributed by atoms with Gasteiger partial charge in [0.05, 0.1) is 49.0 Å². The topological polar surface area (TPSA) is 115 Å². The number of hydrogen-bond acceptors (Lipinski definition) is 9. The number of nitrogens with zero attached hydrogens (tertiary/aromatic N) is 4. The van der Waals surface area contributed by atoms with Crippen LogP contribution in [0.3, 0.4) is 0 Å². The van der Waals surface area contributed by atoms with E-state index in [1.165, 1.54) is 31.0 Å². The number of aliphatic imine (C=N–C) groups is 1. The van der Waals surface area contributed by atoms with Gasteiger partial charge in [-0.2, -0.15) is 0 Å². The highest BCUT2D eigenvalue weighted by Crippen LogP contribution is 2.45. The minimum absolute atomic E-state index is 0.0508. The van der Waals surface area contributed by atoms with Gasteiger partial charge in [-0.25, -0.2) is 9.79 Å². The van der Waals surface area contributed by atoms with Gasteiger partial charge in [-0.1, -0.05) is 23.9 Å². The smallest absolute Gasteiger partial charge is 0.338 e. The molecule has 10 nitrogen and oxygen atoms in total. The Morgan fingerprint density at radius 2 is 2.09 bits per heavy atom. The standard InChI is InChI=1S/C21H22N4O6S/c1-13-18(20(27)30-2)19(14-4-3-5-15(10-14)25(28)29)24-16(12-32-21(24)22-13)11-17(26)23-6-8-31-9-7-23/h3-5,10,12,19H,6-9,11H2,1-2H3/t19-/m1/s1. The lowest BCUT2D eigenvalue weighted by Gasteiger charge is -2.36. The van der Waals surface area contributed by atoms with E-state index in [-0.39, 0.29) is 23.6 Å². The second-order valence-corrected chi connectivity index (χ2v) is 8.24. The predicted octanol–water partition coefficient (Wildman–Crippen LogP) is 2.59. The van der Waals surface area contributed by atoms with Gasteiger partial charge in [0.1, 0.15) is 0 Å². The zero-order valence-corrected chi connectivity index (χ0v) is 18.5. The Hall–Kier alpha value is -3.18. The van der Waals surface area contributed by atoms with E-state index in [4.69, 9.17) is 9.47 Å². The van der Waals surface area contributed by atoms with Gasteiger partial charge in [0.15, 0.2) is 5.17 Å². The number of benzene rings is 1. The summed E-state index contributed by atoms with van der Waals surface area (Å²) in [6.45, 7) is 3.77. The first-order valence-electron chi connectivity index (χ1n) is 10.0. The molecule has 0 unspecified atom stereocenters. The van der Waals surface area contributed by atoms with Crippen molar-refractivity contribution in [2.75, 3.05) is 33.4 Å². The van der Waals surface area contributed by atoms with Crippen molar-refractivity contribution in [3.05, 3.63) is 62.3 Å². The summed E-state index contributed by atoms with van der Waals surface area (Å²) in [5.41, 5.74) is 1.88. The van der Waals surface area contributed by atoms with E-state index in [1.54, 1.807) is 28.9 Å². The molecule has 3 aliphatic heterocycles. The number of rotatable bonds is 5. The predicted molar refractivity (Wildman–Crippen MR) is 118 cm³/mol. The maximum absolute atomic E-state index is 12.9. The average Bonchev–Trinajstić information content (AvgIpc) is 3.20. The highest BCUT2D eigenvalue weighted by atomic mass is 32.2. The summed E-state index contributed by atoms with van der Waals surface area (Å²) in [7, 11) is 1.28. The Bertz CT molecular complexity index is 1060. The molecule has 0 aromatic heterocycles. The van der Waals surface area contributed by atoms with Gasteiger partial charge in [0.25, 0.3) is 5.69 Å². The maximum Gasteiger partial charge on any atom is 0.338 e. The van der Waals surface area contributed by atoms with E-state index in [1.807, 2.05) is 5.41 Å². The molecule has 0 radical (unpaired) electrons. The lowest BCUT2D eigenvalue weighted by molar-refractivity contribution is -0.384. The summed E-state index contributed by atoms with van der Waals surface area (Å²) in [6.07, 6.45) is 0.116. The van der Waals surface area contributed by atoms with Gasteiger partial charge in [-0.3, -0.25) is 14.9 Å². The number of hydrogen-bond donors (Lipinski definition) is 0. The Morgan fingerprint density at radius 1 is 1.34 bits per heavy atom. The van der Waals surface area contributed by atoms with E-state index in [9.17, 15) is 19.7 Å². The summed E-state index contributed by atoms with van der Waals surface area (Å²) < 4.78 is 10.3. The summed E-state index contributed by atoms with van der Waals surface area (Å²) in [6, 6.07) is 5.44. The van der Waals surface area contributed by atoms with Crippen LogP contribution < -0.4 is 0 Å². The molecule has 0 aliphatic carbocycles. The van der Waals surface area contributed by atoms with E-state index in [0.717, 1.165) is 0 Å². The minimum atomic E-state index is -0.700. The number of fused-ring (bicyclic) bond motifs is 1. The van der Waals surface area contributed by atoms with Crippen molar-refractivity contribution in [3.8, 4) is 0 Å². The Kier molecular flexibility index (Phi) is 6.28. The highest BCUT2D eigenvalue weighted by Gasteiger charge is 2.41. The van der Waals surface area contributed by atoms with Crippen LogP contribution in [0.25, 0.3) is 0 Å². The van der Waals surface area contributed by atoms with Crippen LogP contribution in [0.2, 0.25) is 0 Å². The largest absolute Gasteiger partial charge is 0.466 e. The molecule has 1 aromatic carbocycles. The molecule has 3 heterocycles. The van der Waals surface area contributed by atoms with E-state index in [0.29, 0.717) is 48.4 Å². The van der Waals surface area contributed by atoms with Gasteiger partial charge < -0.3 is 19.3 Å². The molecular formula is C21H22N4O6S. The Labute approximate surface area is 188 Å². The van der Waals surface area contributed by atoms with Crippen molar-refractivity contribution < 1.29 is 24.0 Å². The highest BCUT2D eigenvalue weighted by molar-refractivity contribution is 8.16. The second-order valence-electron chi connectivity index (χ2n) is 7.41. The molecule has 1 amide bonds. The van der Waals surface area contributed by atoms with Crippen LogP contribution in [0.1, 0.15) is 24.9 Å². The first kappa shape index (κ1) is 22.0. The van der Waals surface area contributed by atoms with Gasteiger partial charge in [-0.05, 0) is 17.9 Å².